The first-order valence-corrected chi connectivity index (χ1v) is 8.95. The van der Waals surface area contributed by atoms with E-state index in [4.69, 9.17) is 9.47 Å². The van der Waals surface area contributed by atoms with Crippen molar-refractivity contribution in [2.45, 2.75) is 19.8 Å². The summed E-state index contributed by atoms with van der Waals surface area (Å²) >= 11 is 0. The lowest BCUT2D eigenvalue weighted by atomic mass is 10.1. The van der Waals surface area contributed by atoms with Gasteiger partial charge in [0.2, 0.25) is 11.8 Å². The van der Waals surface area contributed by atoms with E-state index in [0.717, 1.165) is 0 Å². The van der Waals surface area contributed by atoms with Crippen molar-refractivity contribution >= 4 is 17.5 Å². The quantitative estimate of drug-likeness (QED) is 0.716. The third-order valence-electron chi connectivity index (χ3n) is 4.35. The zero-order valence-corrected chi connectivity index (χ0v) is 16.3. The van der Waals surface area contributed by atoms with Gasteiger partial charge in [0, 0.05) is 32.5 Å². The van der Waals surface area contributed by atoms with Crippen LogP contribution in [-0.4, -0.2) is 44.0 Å². The maximum absolute atomic E-state index is 13.7. The molecule has 0 heterocycles. The number of rotatable bonds is 9. The van der Waals surface area contributed by atoms with Crippen molar-refractivity contribution < 1.29 is 23.5 Å². The molecule has 0 saturated carbocycles. The molecule has 6 nitrogen and oxygen atoms in total. The first-order chi connectivity index (χ1) is 13.4. The van der Waals surface area contributed by atoms with E-state index in [1.165, 1.54) is 25.0 Å². The fourth-order valence-electron chi connectivity index (χ4n) is 2.73. The molecule has 1 N–H and O–H groups in total. The van der Waals surface area contributed by atoms with Crippen LogP contribution in [0.4, 0.5) is 10.1 Å². The number of nitrogens with zero attached hydrogens (tertiary/aromatic N) is 1. The Hall–Kier alpha value is -3.09. The fourth-order valence-corrected chi connectivity index (χ4v) is 2.73. The van der Waals surface area contributed by atoms with E-state index in [9.17, 15) is 14.0 Å². The van der Waals surface area contributed by atoms with E-state index < -0.39 is 0 Å². The molecule has 0 unspecified atom stereocenters. The summed E-state index contributed by atoms with van der Waals surface area (Å²) in [5.74, 6) is 0.392. The number of anilines is 1. The summed E-state index contributed by atoms with van der Waals surface area (Å²) in [7, 11) is 3.05. The predicted molar refractivity (Wildman–Crippen MR) is 105 cm³/mol. The van der Waals surface area contributed by atoms with E-state index in [1.54, 1.807) is 43.5 Å². The molecule has 0 aromatic heterocycles. The topological polar surface area (TPSA) is 67.9 Å². The number of nitrogens with one attached hydrogen (secondary N) is 1. The summed E-state index contributed by atoms with van der Waals surface area (Å²) in [5.41, 5.74) is 1.07. The molecule has 2 aromatic rings. The van der Waals surface area contributed by atoms with Crippen molar-refractivity contribution in [1.82, 2.24) is 4.90 Å². The van der Waals surface area contributed by atoms with Crippen LogP contribution in [-0.2, 0) is 16.0 Å². The van der Waals surface area contributed by atoms with Gasteiger partial charge in [-0.3, -0.25) is 9.59 Å². The van der Waals surface area contributed by atoms with Gasteiger partial charge in [-0.15, -0.1) is 0 Å². The van der Waals surface area contributed by atoms with Crippen LogP contribution in [0.15, 0.2) is 42.5 Å². The predicted octanol–water partition coefficient (Wildman–Crippen LogP) is 3.26. The summed E-state index contributed by atoms with van der Waals surface area (Å²) < 4.78 is 24.1. The van der Waals surface area contributed by atoms with Crippen molar-refractivity contribution in [2.24, 2.45) is 0 Å². The molecule has 2 aromatic carbocycles. The highest BCUT2D eigenvalue weighted by molar-refractivity contribution is 5.92. The van der Waals surface area contributed by atoms with Crippen molar-refractivity contribution in [3.63, 3.8) is 0 Å². The third kappa shape index (κ3) is 5.97. The van der Waals surface area contributed by atoms with Crippen molar-refractivity contribution in [3.05, 3.63) is 53.8 Å². The lowest BCUT2D eigenvalue weighted by Crippen LogP contribution is -2.33. The van der Waals surface area contributed by atoms with Crippen molar-refractivity contribution in [2.75, 3.05) is 32.6 Å². The molecule has 0 aliphatic rings. The zero-order chi connectivity index (χ0) is 20.5. The van der Waals surface area contributed by atoms with Gasteiger partial charge in [-0.1, -0.05) is 18.2 Å². The van der Waals surface area contributed by atoms with Gasteiger partial charge in [-0.25, -0.2) is 4.39 Å². The Balaban J connectivity index is 1.91. The molecule has 2 rings (SSSR count). The number of carbonyl (C=O) groups excluding carboxylic acids is 2. The fraction of sp³-hybridized carbons (Fsp3) is 0.333. The van der Waals surface area contributed by atoms with Gasteiger partial charge >= 0.3 is 0 Å². The largest absolute Gasteiger partial charge is 0.497 e. The standard InChI is InChI=1S/C21H25FN2O4/c1-15(25)24(12-10-16-6-4-5-7-18(16)22)13-11-21(26)23-19-9-8-17(27-2)14-20(19)28-3/h4-9,14H,10-13H2,1-3H3,(H,23,26). The number of ether oxygens (including phenoxy) is 2. The second kappa shape index (κ2) is 10.3. The molecule has 0 spiro atoms. The lowest BCUT2D eigenvalue weighted by molar-refractivity contribution is -0.129. The smallest absolute Gasteiger partial charge is 0.226 e. The Morgan fingerprint density at radius 3 is 2.46 bits per heavy atom. The molecule has 0 atom stereocenters. The number of halogens is 1. The molecule has 0 saturated heterocycles. The number of amides is 2. The SMILES string of the molecule is COc1ccc(NC(=O)CCN(CCc2ccccc2F)C(C)=O)c(OC)c1. The van der Waals surface area contributed by atoms with E-state index in [0.29, 0.717) is 35.7 Å². The van der Waals surface area contributed by atoms with Crippen molar-refractivity contribution in [3.8, 4) is 11.5 Å². The second-order valence-electron chi connectivity index (χ2n) is 6.21. The second-order valence-corrected chi connectivity index (χ2v) is 6.21. The van der Waals surface area contributed by atoms with Gasteiger partial charge in [0.05, 0.1) is 19.9 Å². The minimum Gasteiger partial charge on any atom is -0.497 e. The molecular weight excluding hydrogens is 363 g/mol. The molecule has 2 amide bonds. The minimum absolute atomic E-state index is 0.117. The summed E-state index contributed by atoms with van der Waals surface area (Å²) in [6.07, 6.45) is 0.506. The van der Waals surface area contributed by atoms with Crippen LogP contribution in [0.2, 0.25) is 0 Å². The molecule has 7 heteroatoms. The lowest BCUT2D eigenvalue weighted by Gasteiger charge is -2.21. The molecule has 0 radical (unpaired) electrons. The van der Waals surface area contributed by atoms with E-state index in [-0.39, 0.29) is 30.6 Å². The Bertz CT molecular complexity index is 826. The average molecular weight is 388 g/mol. The third-order valence-corrected chi connectivity index (χ3v) is 4.35. The highest BCUT2D eigenvalue weighted by atomic mass is 19.1. The number of carbonyl (C=O) groups is 2. The van der Waals surface area contributed by atoms with E-state index >= 15 is 0 Å². The van der Waals surface area contributed by atoms with Gasteiger partial charge in [0.25, 0.3) is 0 Å². The first kappa shape index (κ1) is 21.2. The summed E-state index contributed by atoms with van der Waals surface area (Å²) in [4.78, 5) is 25.7. The molecular formula is C21H25FN2O4. The van der Waals surface area contributed by atoms with Gasteiger partial charge < -0.3 is 19.7 Å². The molecule has 150 valence electrons. The van der Waals surface area contributed by atoms with Crippen LogP contribution in [0.25, 0.3) is 0 Å². The molecule has 28 heavy (non-hydrogen) atoms. The Morgan fingerprint density at radius 1 is 1.07 bits per heavy atom. The van der Waals surface area contributed by atoms with E-state index in [2.05, 4.69) is 5.32 Å². The normalized spacial score (nSPS) is 10.3. The summed E-state index contributed by atoms with van der Waals surface area (Å²) in [6, 6.07) is 11.5. The number of hydrogen-bond acceptors (Lipinski definition) is 4. The molecule has 0 bridgehead atoms. The maximum Gasteiger partial charge on any atom is 0.226 e. The maximum atomic E-state index is 13.7. The van der Waals surface area contributed by atoms with Gasteiger partial charge in [-0.05, 0) is 30.2 Å². The van der Waals surface area contributed by atoms with Gasteiger partial charge in [0.1, 0.15) is 17.3 Å². The Kier molecular flexibility index (Phi) is 7.80. The summed E-state index contributed by atoms with van der Waals surface area (Å²) in [6.45, 7) is 2.02. The minimum atomic E-state index is -0.296. The highest BCUT2D eigenvalue weighted by Crippen LogP contribution is 2.29. The van der Waals surface area contributed by atoms with Crippen LogP contribution >= 0.6 is 0 Å². The molecule has 0 aliphatic carbocycles. The summed E-state index contributed by atoms with van der Waals surface area (Å²) in [5, 5.41) is 2.77. The molecule has 0 fully saturated rings. The van der Waals surface area contributed by atoms with Crippen LogP contribution in [0.3, 0.4) is 0 Å². The average Bonchev–Trinajstić information content (AvgIpc) is 2.69. The van der Waals surface area contributed by atoms with Gasteiger partial charge in [0.15, 0.2) is 0 Å². The number of hydrogen-bond donors (Lipinski definition) is 1. The van der Waals surface area contributed by atoms with Gasteiger partial charge in [-0.2, -0.15) is 0 Å². The van der Waals surface area contributed by atoms with Crippen LogP contribution in [0.5, 0.6) is 11.5 Å². The van der Waals surface area contributed by atoms with Crippen LogP contribution < -0.4 is 14.8 Å². The molecule has 0 aliphatic heterocycles. The Labute approximate surface area is 164 Å². The van der Waals surface area contributed by atoms with Crippen LogP contribution in [0.1, 0.15) is 18.9 Å². The first-order valence-electron chi connectivity index (χ1n) is 8.95. The zero-order valence-electron chi connectivity index (χ0n) is 16.3. The number of methoxy groups -OCH3 is 2. The Morgan fingerprint density at radius 2 is 1.82 bits per heavy atom. The highest BCUT2D eigenvalue weighted by Gasteiger charge is 2.14. The monoisotopic (exact) mass is 388 g/mol. The number of benzene rings is 2. The van der Waals surface area contributed by atoms with Crippen LogP contribution in [0, 0.1) is 5.82 Å². The van der Waals surface area contributed by atoms with Crippen molar-refractivity contribution in [1.29, 1.82) is 0 Å². The van der Waals surface area contributed by atoms with E-state index in [1.807, 2.05) is 0 Å².